The number of aromatic nitrogens is 1. The second kappa shape index (κ2) is 5.74. The van der Waals surface area contributed by atoms with Gasteiger partial charge in [-0.3, -0.25) is 4.79 Å². The summed E-state index contributed by atoms with van der Waals surface area (Å²) in [5, 5.41) is 10.4. The monoisotopic (exact) mass is 320 g/mol. The lowest BCUT2D eigenvalue weighted by Crippen LogP contribution is -2.61. The minimum Gasteiger partial charge on any atom is -0.384 e. The van der Waals surface area contributed by atoms with Crippen LogP contribution in [0.2, 0.25) is 0 Å². The number of carbonyl (C=O) groups excluding carboxylic acids is 1. The third-order valence-corrected chi connectivity index (χ3v) is 4.30. The Bertz CT molecular complexity index is 584. The van der Waals surface area contributed by atoms with Gasteiger partial charge in [0.1, 0.15) is 5.82 Å². The standard InChI is InChI=1S/C16H24N4O3/c1-16(2,3)23-15(22)20-11-4-6-12(20)14(21)19(9-11)10-5-7-13(17)18-8-10/h5,7-8,11-12,15,22H,4,6,9H2,1-3H3,(H2,17,18). The fourth-order valence-electron chi connectivity index (χ4n) is 3.32. The minimum atomic E-state index is -1.07. The number of rotatable bonds is 3. The van der Waals surface area contributed by atoms with E-state index in [0.29, 0.717) is 12.4 Å². The second-order valence-corrected chi connectivity index (χ2v) is 7.14. The van der Waals surface area contributed by atoms with E-state index in [0.717, 1.165) is 18.5 Å². The molecule has 7 nitrogen and oxygen atoms in total. The Balaban J connectivity index is 1.79. The van der Waals surface area contributed by atoms with E-state index in [2.05, 4.69) is 4.98 Å². The molecule has 2 aliphatic rings. The van der Waals surface area contributed by atoms with Gasteiger partial charge >= 0.3 is 0 Å². The lowest BCUT2D eigenvalue weighted by Gasteiger charge is -2.43. The van der Waals surface area contributed by atoms with Crippen LogP contribution in [0.3, 0.4) is 0 Å². The zero-order chi connectivity index (χ0) is 16.8. The number of fused-ring (bicyclic) bond motifs is 2. The number of nitrogen functional groups attached to an aromatic ring is 1. The van der Waals surface area contributed by atoms with Gasteiger partial charge in [-0.15, -0.1) is 0 Å². The summed E-state index contributed by atoms with van der Waals surface area (Å²) in [5.74, 6) is 0.402. The molecule has 1 aromatic rings. The van der Waals surface area contributed by atoms with Crippen molar-refractivity contribution < 1.29 is 14.6 Å². The molecule has 1 aromatic heterocycles. The van der Waals surface area contributed by atoms with E-state index < -0.39 is 12.0 Å². The number of nitrogens with zero attached hydrogens (tertiary/aromatic N) is 3. The molecule has 2 aliphatic heterocycles. The number of aliphatic hydroxyl groups is 1. The molecular formula is C16H24N4O3. The highest BCUT2D eigenvalue weighted by Crippen LogP contribution is 2.35. The molecule has 23 heavy (non-hydrogen) atoms. The Morgan fingerprint density at radius 1 is 1.39 bits per heavy atom. The predicted octanol–water partition coefficient (Wildman–Crippen LogP) is 0.934. The van der Waals surface area contributed by atoms with Crippen molar-refractivity contribution in [2.75, 3.05) is 17.2 Å². The van der Waals surface area contributed by atoms with Gasteiger partial charge < -0.3 is 20.5 Å². The molecule has 2 bridgehead atoms. The highest BCUT2D eigenvalue weighted by atomic mass is 16.6. The first-order valence-corrected chi connectivity index (χ1v) is 7.92. The number of amides is 1. The average Bonchev–Trinajstić information content (AvgIpc) is 2.80. The number of piperazine rings is 1. The summed E-state index contributed by atoms with van der Waals surface area (Å²) in [6.07, 6.45) is 2.14. The second-order valence-electron chi connectivity index (χ2n) is 7.14. The molecule has 3 heterocycles. The molecule has 0 aliphatic carbocycles. The fraction of sp³-hybridized carbons (Fsp3) is 0.625. The molecule has 0 spiro atoms. The molecular weight excluding hydrogens is 296 g/mol. The van der Waals surface area contributed by atoms with Gasteiger partial charge in [-0.2, -0.15) is 0 Å². The summed E-state index contributed by atoms with van der Waals surface area (Å²) in [4.78, 5) is 20.4. The summed E-state index contributed by atoms with van der Waals surface area (Å²) in [5.41, 5.74) is 5.88. The predicted molar refractivity (Wildman–Crippen MR) is 86.5 cm³/mol. The molecule has 3 unspecified atom stereocenters. The van der Waals surface area contributed by atoms with E-state index in [4.69, 9.17) is 10.5 Å². The highest BCUT2D eigenvalue weighted by Gasteiger charge is 2.49. The van der Waals surface area contributed by atoms with Crippen LogP contribution < -0.4 is 10.6 Å². The fourth-order valence-corrected chi connectivity index (χ4v) is 3.32. The van der Waals surface area contributed by atoms with E-state index in [9.17, 15) is 9.90 Å². The quantitative estimate of drug-likeness (QED) is 0.805. The van der Waals surface area contributed by atoms with Crippen LogP contribution in [0, 0.1) is 0 Å². The van der Waals surface area contributed by atoms with E-state index in [1.54, 1.807) is 28.1 Å². The third kappa shape index (κ3) is 3.17. The molecule has 1 amide bonds. The summed E-state index contributed by atoms with van der Waals surface area (Å²) in [6.45, 7) is 6.17. The van der Waals surface area contributed by atoms with Crippen molar-refractivity contribution in [3.05, 3.63) is 18.3 Å². The number of anilines is 2. The normalized spacial score (nSPS) is 26.6. The summed E-state index contributed by atoms with van der Waals surface area (Å²) >= 11 is 0. The molecule has 3 atom stereocenters. The first-order chi connectivity index (χ1) is 10.8. The largest absolute Gasteiger partial charge is 0.384 e. The van der Waals surface area contributed by atoms with Crippen molar-refractivity contribution in [1.82, 2.24) is 9.88 Å². The lowest BCUT2D eigenvalue weighted by atomic mass is 10.1. The molecule has 3 N–H and O–H groups in total. The molecule has 0 radical (unpaired) electrons. The first kappa shape index (κ1) is 16.2. The molecule has 0 saturated carbocycles. The van der Waals surface area contributed by atoms with Crippen molar-refractivity contribution in [1.29, 1.82) is 0 Å². The number of aliphatic hydroxyl groups excluding tert-OH is 1. The zero-order valence-electron chi connectivity index (χ0n) is 13.8. The van der Waals surface area contributed by atoms with Gasteiger partial charge in [0.2, 0.25) is 12.3 Å². The molecule has 126 valence electrons. The SMILES string of the molecule is CC(C)(C)OC(O)N1C2CCC1C(=O)N(c1ccc(N)nc1)C2. The van der Waals surface area contributed by atoms with Gasteiger partial charge in [0.15, 0.2) is 0 Å². The molecule has 3 rings (SSSR count). The molecule has 7 heteroatoms. The van der Waals surface area contributed by atoms with Crippen LogP contribution in [0.1, 0.15) is 33.6 Å². The molecule has 2 fully saturated rings. The van der Waals surface area contributed by atoms with Crippen molar-refractivity contribution in [2.45, 2.75) is 57.7 Å². The van der Waals surface area contributed by atoms with Crippen molar-refractivity contribution in [2.24, 2.45) is 0 Å². The Labute approximate surface area is 136 Å². The Kier molecular flexibility index (Phi) is 4.03. The zero-order valence-corrected chi connectivity index (χ0v) is 13.8. The van der Waals surface area contributed by atoms with Crippen LogP contribution >= 0.6 is 0 Å². The Hall–Kier alpha value is -1.70. The van der Waals surface area contributed by atoms with Gasteiger partial charge in [-0.1, -0.05) is 0 Å². The van der Waals surface area contributed by atoms with Crippen LogP contribution in [0.4, 0.5) is 11.5 Å². The number of ether oxygens (including phenoxy) is 1. The molecule has 0 aromatic carbocycles. The van der Waals surface area contributed by atoms with E-state index in [1.807, 2.05) is 20.8 Å². The number of nitrogens with two attached hydrogens (primary N) is 1. The van der Waals surface area contributed by atoms with Gasteiger partial charge in [0, 0.05) is 12.6 Å². The van der Waals surface area contributed by atoms with E-state index in [-0.39, 0.29) is 18.0 Å². The third-order valence-electron chi connectivity index (χ3n) is 4.30. The lowest BCUT2D eigenvalue weighted by molar-refractivity contribution is -0.251. The van der Waals surface area contributed by atoms with Crippen LogP contribution in [-0.2, 0) is 9.53 Å². The maximum absolute atomic E-state index is 12.8. The van der Waals surface area contributed by atoms with Crippen LogP contribution in [-0.4, -0.2) is 51.5 Å². The first-order valence-electron chi connectivity index (χ1n) is 7.92. The van der Waals surface area contributed by atoms with E-state index >= 15 is 0 Å². The number of hydrogen-bond donors (Lipinski definition) is 2. The minimum absolute atomic E-state index is 0.0260. The van der Waals surface area contributed by atoms with Gasteiger partial charge in [0.25, 0.3) is 0 Å². The van der Waals surface area contributed by atoms with Crippen LogP contribution in [0.5, 0.6) is 0 Å². The van der Waals surface area contributed by atoms with Gasteiger partial charge in [-0.05, 0) is 45.7 Å². The molecule has 2 saturated heterocycles. The number of pyridine rings is 1. The van der Waals surface area contributed by atoms with E-state index in [1.165, 1.54) is 0 Å². The van der Waals surface area contributed by atoms with Crippen molar-refractivity contribution >= 4 is 17.4 Å². The number of carbonyl (C=O) groups is 1. The maximum Gasteiger partial charge on any atom is 0.244 e. The van der Waals surface area contributed by atoms with Gasteiger partial charge in [0.05, 0.1) is 23.5 Å². The highest BCUT2D eigenvalue weighted by molar-refractivity contribution is 5.98. The maximum atomic E-state index is 12.8. The van der Waals surface area contributed by atoms with Crippen LogP contribution in [0.25, 0.3) is 0 Å². The summed E-state index contributed by atoms with van der Waals surface area (Å²) in [6, 6.07) is 3.21. The number of hydrogen-bond acceptors (Lipinski definition) is 6. The van der Waals surface area contributed by atoms with Crippen molar-refractivity contribution in [3.8, 4) is 0 Å². The van der Waals surface area contributed by atoms with Crippen molar-refractivity contribution in [3.63, 3.8) is 0 Å². The smallest absolute Gasteiger partial charge is 0.244 e. The van der Waals surface area contributed by atoms with Crippen LogP contribution in [0.15, 0.2) is 18.3 Å². The Morgan fingerprint density at radius 3 is 2.74 bits per heavy atom. The van der Waals surface area contributed by atoms with Gasteiger partial charge in [-0.25, -0.2) is 9.88 Å². The average molecular weight is 320 g/mol. The summed E-state index contributed by atoms with van der Waals surface area (Å²) < 4.78 is 5.64. The summed E-state index contributed by atoms with van der Waals surface area (Å²) in [7, 11) is 0. The Morgan fingerprint density at radius 2 is 2.13 bits per heavy atom. The topological polar surface area (TPSA) is 91.9 Å².